The number of aromatic nitrogens is 4. The highest BCUT2D eigenvalue weighted by Crippen LogP contribution is 2.48. The van der Waals surface area contributed by atoms with Gasteiger partial charge in [0.15, 0.2) is 11.5 Å². The topological polar surface area (TPSA) is 117 Å². The molecule has 36 heavy (non-hydrogen) atoms. The highest BCUT2D eigenvalue weighted by molar-refractivity contribution is 6.01. The van der Waals surface area contributed by atoms with Gasteiger partial charge in [0.1, 0.15) is 5.82 Å². The molecule has 1 fully saturated rings. The summed E-state index contributed by atoms with van der Waals surface area (Å²) in [6, 6.07) is 6.11. The average Bonchev–Trinajstić information content (AvgIpc) is 3.63. The molecule has 5 rings (SSSR count). The lowest BCUT2D eigenvalue weighted by Crippen LogP contribution is -2.29. The van der Waals surface area contributed by atoms with Crippen LogP contribution in [-0.4, -0.2) is 45.6 Å². The molecule has 1 aromatic carbocycles. The van der Waals surface area contributed by atoms with E-state index in [1.165, 1.54) is 13.0 Å². The third-order valence-electron chi connectivity index (χ3n) is 6.53. The zero-order chi connectivity index (χ0) is 28.2. The molecular formula is C24H26F2N8O2. The molecule has 0 spiro atoms. The Morgan fingerprint density at radius 1 is 1.22 bits per heavy atom. The van der Waals surface area contributed by atoms with Crippen LogP contribution in [0.3, 0.4) is 0 Å². The molecule has 0 bridgehead atoms. The maximum Gasteiger partial charge on any atom is 0.320 e. The Morgan fingerprint density at radius 2 is 2.00 bits per heavy atom. The molecule has 10 nitrogen and oxygen atoms in total. The Balaban J connectivity index is 1.59. The predicted octanol–water partition coefficient (Wildman–Crippen LogP) is 4.01. The molecule has 3 aromatic rings. The van der Waals surface area contributed by atoms with Crippen molar-refractivity contribution in [2.75, 3.05) is 29.6 Å². The van der Waals surface area contributed by atoms with Gasteiger partial charge in [0, 0.05) is 35.7 Å². The minimum atomic E-state index is -2.77. The van der Waals surface area contributed by atoms with Crippen molar-refractivity contribution in [2.24, 2.45) is 5.92 Å². The summed E-state index contributed by atoms with van der Waals surface area (Å²) in [4.78, 5) is 31.3. The van der Waals surface area contributed by atoms with E-state index in [9.17, 15) is 18.4 Å². The lowest BCUT2D eigenvalue weighted by Gasteiger charge is -2.36. The van der Waals surface area contributed by atoms with Gasteiger partial charge in [-0.15, -0.1) is 10.2 Å². The van der Waals surface area contributed by atoms with Crippen LogP contribution in [0.1, 0.15) is 58.5 Å². The van der Waals surface area contributed by atoms with Gasteiger partial charge in [-0.2, -0.15) is 8.78 Å². The van der Waals surface area contributed by atoms with E-state index in [4.69, 9.17) is 4.11 Å². The van der Waals surface area contributed by atoms with Crippen molar-refractivity contribution in [3.8, 4) is 11.3 Å². The first-order valence-electron chi connectivity index (χ1n) is 12.9. The molecule has 2 amide bonds. The number of amides is 2. The summed E-state index contributed by atoms with van der Waals surface area (Å²) in [6.45, 7) is -2.22. The fourth-order valence-electron chi connectivity index (χ4n) is 4.49. The Kier molecular flexibility index (Phi) is 4.95. The molecule has 3 heterocycles. The maximum atomic E-state index is 13.9. The predicted molar refractivity (Wildman–Crippen MR) is 131 cm³/mol. The molecule has 0 unspecified atom stereocenters. The van der Waals surface area contributed by atoms with Crippen molar-refractivity contribution in [3.05, 3.63) is 41.5 Å². The number of nitrogens with one attached hydrogen (secondary N) is 3. The number of rotatable bonds is 6. The number of hydrogen-bond donors (Lipinski definition) is 3. The van der Waals surface area contributed by atoms with Gasteiger partial charge in [-0.3, -0.25) is 14.2 Å². The molecule has 0 saturated heterocycles. The van der Waals surface area contributed by atoms with Crippen LogP contribution >= 0.6 is 0 Å². The average molecular weight is 500 g/mol. The van der Waals surface area contributed by atoms with Crippen LogP contribution < -0.4 is 20.9 Å². The lowest BCUT2D eigenvalue weighted by molar-refractivity contribution is -0.117. The van der Waals surface area contributed by atoms with Crippen molar-refractivity contribution in [3.63, 3.8) is 0 Å². The third kappa shape index (κ3) is 3.91. The van der Waals surface area contributed by atoms with Crippen LogP contribution in [0.2, 0.25) is 0 Å². The first-order chi connectivity index (χ1) is 18.4. The van der Waals surface area contributed by atoms with Gasteiger partial charge in [-0.1, -0.05) is 12.1 Å². The van der Waals surface area contributed by atoms with Crippen molar-refractivity contribution in [2.45, 2.75) is 39.3 Å². The number of fused-ring (bicyclic) bond motifs is 3. The highest BCUT2D eigenvalue weighted by Gasteiger charge is 2.35. The summed E-state index contributed by atoms with van der Waals surface area (Å²) in [5, 5.41) is 15.5. The van der Waals surface area contributed by atoms with Gasteiger partial charge in [0.2, 0.25) is 5.91 Å². The van der Waals surface area contributed by atoms with Crippen LogP contribution in [0.15, 0.2) is 24.3 Å². The molecule has 12 heteroatoms. The molecule has 3 N–H and O–H groups in total. The number of carbonyl (C=O) groups excluding carboxylic acids is 2. The monoisotopic (exact) mass is 499 g/mol. The number of halogens is 2. The highest BCUT2D eigenvalue weighted by atomic mass is 19.3. The Morgan fingerprint density at radius 3 is 2.69 bits per heavy atom. The van der Waals surface area contributed by atoms with E-state index in [0.29, 0.717) is 28.3 Å². The number of carbonyl (C=O) groups is 2. The summed E-state index contributed by atoms with van der Waals surface area (Å²) >= 11 is 0. The van der Waals surface area contributed by atoms with E-state index in [1.807, 2.05) is 10.2 Å². The summed E-state index contributed by atoms with van der Waals surface area (Å²) in [5.74, 6) is -1.06. The first-order valence-corrected chi connectivity index (χ1v) is 11.4. The van der Waals surface area contributed by atoms with E-state index in [1.54, 1.807) is 32.2 Å². The second-order valence-corrected chi connectivity index (χ2v) is 8.86. The summed E-state index contributed by atoms with van der Waals surface area (Å²) < 4.78 is 50.9. The number of hydrogen-bond acceptors (Lipinski definition) is 7. The van der Waals surface area contributed by atoms with Gasteiger partial charge in [-0.05, 0) is 32.8 Å². The number of benzene rings is 1. The van der Waals surface area contributed by atoms with Crippen LogP contribution in [0.4, 0.5) is 31.7 Å². The smallest absolute Gasteiger partial charge is 0.320 e. The second-order valence-electron chi connectivity index (χ2n) is 8.86. The summed E-state index contributed by atoms with van der Waals surface area (Å²) in [5.41, 5.74) is 2.28. The molecule has 1 saturated carbocycles. The SMILES string of the molecule is [2H]C([2H])([2H])NC(=O)c1nnc(NC(=O)C2CC2)cc1Nc1cccc2c1N(C)[C@@H](C)c1c-2nc(C)n1C(F)F. The van der Waals surface area contributed by atoms with Crippen LogP contribution in [0.5, 0.6) is 0 Å². The van der Waals surface area contributed by atoms with Gasteiger partial charge < -0.3 is 20.9 Å². The fraction of sp³-hybridized carbons (Fsp3) is 0.375. The molecule has 0 radical (unpaired) electrons. The number of alkyl halides is 2. The van der Waals surface area contributed by atoms with E-state index in [2.05, 4.69) is 25.8 Å². The molecule has 2 aliphatic rings. The lowest BCUT2D eigenvalue weighted by atomic mass is 9.96. The summed E-state index contributed by atoms with van der Waals surface area (Å²) in [6.07, 6.45) is 1.54. The quantitative estimate of drug-likeness (QED) is 0.469. The van der Waals surface area contributed by atoms with E-state index >= 15 is 0 Å². The normalized spacial score (nSPS) is 18.0. The Labute approximate surface area is 210 Å². The van der Waals surface area contributed by atoms with E-state index in [-0.39, 0.29) is 34.8 Å². The number of para-hydroxylation sites is 1. The van der Waals surface area contributed by atoms with Crippen LogP contribution in [-0.2, 0) is 4.79 Å². The molecule has 188 valence electrons. The Bertz CT molecular complexity index is 1470. The van der Waals surface area contributed by atoms with Crippen molar-refractivity contribution in [1.29, 1.82) is 0 Å². The van der Waals surface area contributed by atoms with Crippen LogP contribution in [0, 0.1) is 12.8 Å². The zero-order valence-corrected chi connectivity index (χ0v) is 19.8. The number of anilines is 4. The van der Waals surface area contributed by atoms with Crippen molar-refractivity contribution >= 4 is 34.7 Å². The number of nitrogens with zero attached hydrogens (tertiary/aromatic N) is 5. The number of aryl methyl sites for hydroxylation is 1. The largest absolute Gasteiger partial charge is 0.364 e. The third-order valence-corrected chi connectivity index (χ3v) is 6.53. The zero-order valence-electron chi connectivity index (χ0n) is 22.8. The number of imidazole rings is 1. The standard InChI is InChI=1S/C24H26F2N8O2/c1-11-20-18(28-12(2)34(20)24(25)26)14-6-5-7-15(21(14)33(11)4)29-16-10-17(30-22(35)13-8-9-13)31-32-19(16)23(36)27-3/h5-7,10-11,13,24H,8-9H2,1-4H3,(H,27,36)(H2,29,30,31,35)/t11-/m0/s1/i3D3. The molecule has 2 aromatic heterocycles. The maximum absolute atomic E-state index is 13.9. The molecular weight excluding hydrogens is 470 g/mol. The van der Waals surface area contributed by atoms with Gasteiger partial charge in [0.25, 0.3) is 5.91 Å². The minimum Gasteiger partial charge on any atom is -0.364 e. The van der Waals surface area contributed by atoms with Gasteiger partial charge >= 0.3 is 6.55 Å². The van der Waals surface area contributed by atoms with E-state index < -0.39 is 25.5 Å². The first kappa shape index (κ1) is 20.1. The Hall–Kier alpha value is -4.09. The van der Waals surface area contributed by atoms with Crippen molar-refractivity contribution in [1.82, 2.24) is 25.1 Å². The molecule has 1 aliphatic carbocycles. The van der Waals surface area contributed by atoms with E-state index in [0.717, 1.165) is 17.4 Å². The van der Waals surface area contributed by atoms with Gasteiger partial charge in [0.05, 0.1) is 34.5 Å². The van der Waals surface area contributed by atoms with Gasteiger partial charge in [-0.25, -0.2) is 4.98 Å². The molecule has 1 atom stereocenters. The molecule has 1 aliphatic heterocycles. The summed E-state index contributed by atoms with van der Waals surface area (Å²) in [7, 11) is 1.75. The fourth-order valence-corrected chi connectivity index (χ4v) is 4.49. The van der Waals surface area contributed by atoms with Crippen LogP contribution in [0.25, 0.3) is 11.3 Å². The van der Waals surface area contributed by atoms with Crippen molar-refractivity contribution < 1.29 is 22.5 Å². The minimum absolute atomic E-state index is 0.0833. The second kappa shape index (κ2) is 8.85.